The number of amidine groups is 1. The molecule has 1 atom stereocenters. The average molecular weight is 568 g/mol. The zero-order chi connectivity index (χ0) is 25.9. The summed E-state index contributed by atoms with van der Waals surface area (Å²) in [6, 6.07) is 7.59. The van der Waals surface area contributed by atoms with Crippen molar-refractivity contribution in [1.82, 2.24) is 14.7 Å². The lowest BCUT2D eigenvalue weighted by atomic mass is 9.97. The van der Waals surface area contributed by atoms with Crippen LogP contribution in [0.1, 0.15) is 12.0 Å². The number of azo groups is 1. The number of nitrogens with zero attached hydrogens (tertiary/aromatic N) is 5. The Morgan fingerprint density at radius 3 is 2.49 bits per heavy atom. The first kappa shape index (κ1) is 27.1. The number of aliphatic imine (C=N–C) groups is 1. The molecule has 0 aliphatic carbocycles. The number of aromatic nitrogens is 2. The number of likely N-dealkylation sites (N-methyl/N-ethyl adjacent to an activating group) is 1. The third-order valence-corrected chi connectivity index (χ3v) is 8.99. The number of fused-ring (bicyclic) bond motifs is 1. The fraction of sp³-hybridized carbons (Fsp3) is 0.333. The normalized spacial score (nSPS) is 19.2. The molecule has 6 N–H and O–H groups in total. The fourth-order valence-electron chi connectivity index (χ4n) is 4.79. The van der Waals surface area contributed by atoms with Crippen molar-refractivity contribution in [2.24, 2.45) is 20.4 Å². The van der Waals surface area contributed by atoms with Crippen LogP contribution < -0.4 is 28.0 Å². The van der Waals surface area contributed by atoms with E-state index < -0.39 is 29.8 Å². The summed E-state index contributed by atoms with van der Waals surface area (Å²) in [4.78, 5) is 10.4. The van der Waals surface area contributed by atoms with Crippen LogP contribution in [0.4, 0.5) is 5.95 Å². The van der Waals surface area contributed by atoms with E-state index in [1.54, 1.807) is 18.2 Å². The van der Waals surface area contributed by atoms with Crippen molar-refractivity contribution >= 4 is 42.9 Å². The molecule has 0 saturated carbocycles. The molecule has 0 unspecified atom stereocenters. The van der Waals surface area contributed by atoms with Gasteiger partial charge in [-0.15, -0.1) is 5.11 Å². The van der Waals surface area contributed by atoms with Crippen molar-refractivity contribution in [1.29, 1.82) is 0 Å². The van der Waals surface area contributed by atoms with Gasteiger partial charge in [-0.05, 0) is 17.7 Å². The van der Waals surface area contributed by atoms with Gasteiger partial charge < -0.3 is 27.6 Å². The summed E-state index contributed by atoms with van der Waals surface area (Å²) in [5.41, 5.74) is 7.69. The lowest BCUT2D eigenvalue weighted by molar-refractivity contribution is -0.878. The lowest BCUT2D eigenvalue weighted by Crippen LogP contribution is -3.00. The predicted octanol–water partition coefficient (Wildman–Crippen LogP) is -2.24. The van der Waals surface area contributed by atoms with E-state index in [4.69, 9.17) is 10.9 Å². The van der Waals surface area contributed by atoms with Gasteiger partial charge in [-0.1, -0.05) is 18.2 Å². The predicted molar refractivity (Wildman–Crippen MR) is 134 cm³/mol. The summed E-state index contributed by atoms with van der Waals surface area (Å²) in [5, 5.41) is 13.5. The van der Waals surface area contributed by atoms with Crippen molar-refractivity contribution < 1.29 is 33.7 Å². The average Bonchev–Trinajstić information content (AvgIpc) is 3.51. The molecule has 13 nitrogen and oxygen atoms in total. The number of rotatable bonds is 6. The maximum atomic E-state index is 13.5. The van der Waals surface area contributed by atoms with Gasteiger partial charge in [0.25, 0.3) is 0 Å². The summed E-state index contributed by atoms with van der Waals surface area (Å²) in [7, 11) is -4.86. The number of anilines is 1. The molecule has 0 amide bonds. The number of H-pyrrole nitrogens is 1. The quantitative estimate of drug-likeness (QED) is 0.243. The van der Waals surface area contributed by atoms with Crippen LogP contribution in [0.2, 0.25) is 0 Å². The number of primary sulfonamides is 1. The van der Waals surface area contributed by atoms with E-state index in [2.05, 4.69) is 29.9 Å². The van der Waals surface area contributed by atoms with Crippen LogP contribution in [-0.4, -0.2) is 77.0 Å². The van der Waals surface area contributed by atoms with Gasteiger partial charge in [-0.3, -0.25) is 0 Å². The first-order valence-corrected chi connectivity index (χ1v) is 14.1. The summed E-state index contributed by atoms with van der Waals surface area (Å²) in [6.45, 7) is 1.33. The summed E-state index contributed by atoms with van der Waals surface area (Å²) >= 11 is 0. The molecule has 0 radical (unpaired) electrons. The SMILES string of the molecule is C[N+]1(C)CC[C@@H](NS(=O)(=O)c2ccc(-c3cccc4[nH]c(N)nc34)c(C3=NCN=N3)c2S(N)(=O)=O)C1.[Cl-]. The Kier molecular flexibility index (Phi) is 6.89. The van der Waals surface area contributed by atoms with E-state index in [1.165, 1.54) is 12.1 Å². The van der Waals surface area contributed by atoms with Gasteiger partial charge in [0.05, 0.1) is 49.8 Å². The van der Waals surface area contributed by atoms with E-state index >= 15 is 0 Å². The minimum atomic E-state index is -4.58. The van der Waals surface area contributed by atoms with E-state index in [0.29, 0.717) is 39.6 Å². The van der Waals surface area contributed by atoms with Gasteiger partial charge in [0.1, 0.15) is 9.79 Å². The monoisotopic (exact) mass is 567 g/mol. The fourth-order valence-corrected chi connectivity index (χ4v) is 7.66. The molecule has 1 aromatic heterocycles. The number of nitrogens with two attached hydrogens (primary N) is 2. The standard InChI is InChI=1S/C21H26N9O4S2.ClH/c1-30(2)9-8-12(10-30)29-36(33,34)16-7-6-13(14-4-3-5-15-18(14)27-21(22)26-15)17(19(16)35(23,31)32)20-24-11-25-28-20;/h3-7,12,29H,8-11H2,1-2H3,(H3,22,26,27)(H2,23,31,32);1H/q+1;/p-1/t12-;/m1./s1. The highest BCUT2D eigenvalue weighted by atomic mass is 35.5. The number of quaternary nitrogens is 1. The van der Waals surface area contributed by atoms with Crippen molar-refractivity contribution in [3.63, 3.8) is 0 Å². The molecule has 0 spiro atoms. The smallest absolute Gasteiger partial charge is 0.242 e. The lowest BCUT2D eigenvalue weighted by Gasteiger charge is -2.23. The Bertz CT molecular complexity index is 1660. The second-order valence-corrected chi connectivity index (χ2v) is 12.7. The Morgan fingerprint density at radius 1 is 1.11 bits per heavy atom. The molecule has 37 heavy (non-hydrogen) atoms. The second kappa shape index (κ2) is 9.41. The number of benzene rings is 2. The highest BCUT2D eigenvalue weighted by molar-refractivity contribution is 7.92. The van der Waals surface area contributed by atoms with Crippen LogP contribution >= 0.6 is 0 Å². The zero-order valence-corrected chi connectivity index (χ0v) is 22.4. The van der Waals surface area contributed by atoms with Crippen molar-refractivity contribution in [2.45, 2.75) is 22.3 Å². The Morgan fingerprint density at radius 2 is 1.86 bits per heavy atom. The first-order chi connectivity index (χ1) is 16.9. The third-order valence-electron chi connectivity index (χ3n) is 6.31. The highest BCUT2D eigenvalue weighted by Gasteiger charge is 2.37. The summed E-state index contributed by atoms with van der Waals surface area (Å²) < 4.78 is 56.3. The number of imidazole rings is 1. The van der Waals surface area contributed by atoms with Crippen molar-refractivity contribution in [2.75, 3.05) is 39.6 Å². The van der Waals surface area contributed by atoms with Crippen LogP contribution in [0.25, 0.3) is 22.2 Å². The minimum absolute atomic E-state index is 0. The molecule has 5 rings (SSSR count). The maximum absolute atomic E-state index is 13.5. The number of aromatic amines is 1. The number of nitrogens with one attached hydrogen (secondary N) is 2. The Balaban J connectivity index is 0.00000320. The van der Waals surface area contributed by atoms with E-state index in [0.717, 1.165) is 6.54 Å². The molecule has 198 valence electrons. The first-order valence-electron chi connectivity index (χ1n) is 11.1. The van der Waals surface area contributed by atoms with Gasteiger partial charge in [-0.25, -0.2) is 36.7 Å². The molecule has 1 saturated heterocycles. The summed E-state index contributed by atoms with van der Waals surface area (Å²) in [5.74, 6) is 0.134. The maximum Gasteiger partial charge on any atom is 0.242 e. The van der Waals surface area contributed by atoms with Gasteiger partial charge in [0.15, 0.2) is 18.5 Å². The van der Waals surface area contributed by atoms with Gasteiger partial charge in [-0.2, -0.15) is 5.11 Å². The van der Waals surface area contributed by atoms with E-state index in [1.807, 2.05) is 14.1 Å². The van der Waals surface area contributed by atoms with Gasteiger partial charge in [0, 0.05) is 12.0 Å². The van der Waals surface area contributed by atoms with Crippen molar-refractivity contribution in [3.8, 4) is 11.1 Å². The number of nitrogen functional groups attached to an aromatic ring is 1. The molecule has 2 aliphatic heterocycles. The molecular weight excluding hydrogens is 542 g/mol. The van der Waals surface area contributed by atoms with E-state index in [-0.39, 0.29) is 42.5 Å². The van der Waals surface area contributed by atoms with Crippen LogP contribution in [0.3, 0.4) is 0 Å². The highest BCUT2D eigenvalue weighted by Crippen LogP contribution is 2.37. The summed E-state index contributed by atoms with van der Waals surface area (Å²) in [6.07, 6.45) is 0.616. The molecule has 3 heterocycles. The molecule has 2 aliphatic rings. The largest absolute Gasteiger partial charge is 1.00 e. The number of halogens is 1. The molecule has 0 bridgehead atoms. The number of likely N-dealkylation sites (tertiary alicyclic amines) is 1. The third kappa shape index (κ3) is 5.10. The number of sulfonamides is 2. The molecule has 3 aromatic rings. The topological polar surface area (TPSA) is 198 Å². The number of hydrogen-bond donors (Lipinski definition) is 4. The second-order valence-electron chi connectivity index (χ2n) is 9.50. The van der Waals surface area contributed by atoms with Crippen LogP contribution in [0.5, 0.6) is 0 Å². The van der Waals surface area contributed by atoms with Crippen LogP contribution in [-0.2, 0) is 20.0 Å². The van der Waals surface area contributed by atoms with Gasteiger partial charge >= 0.3 is 0 Å². The zero-order valence-electron chi connectivity index (χ0n) is 20.0. The molecule has 2 aromatic carbocycles. The van der Waals surface area contributed by atoms with Crippen LogP contribution in [0.15, 0.2) is 55.3 Å². The van der Waals surface area contributed by atoms with Crippen molar-refractivity contribution in [3.05, 3.63) is 35.9 Å². The number of para-hydroxylation sites is 1. The minimum Gasteiger partial charge on any atom is -1.00 e. The number of hydrogen-bond acceptors (Lipinski definition) is 9. The molecular formula is C21H26ClN9O4S2. The Labute approximate surface area is 220 Å². The Hall–Kier alpha value is -2.95. The van der Waals surface area contributed by atoms with E-state index in [9.17, 15) is 16.8 Å². The van der Waals surface area contributed by atoms with Gasteiger partial charge in [0.2, 0.25) is 20.0 Å². The molecule has 16 heteroatoms. The van der Waals surface area contributed by atoms with Crippen LogP contribution in [0, 0.1) is 0 Å². The molecule has 1 fully saturated rings.